The van der Waals surface area contributed by atoms with Crippen molar-refractivity contribution in [1.82, 2.24) is 10.2 Å². The summed E-state index contributed by atoms with van der Waals surface area (Å²) in [5.74, 6) is 0.101. The number of halogens is 1. The van der Waals surface area contributed by atoms with Crippen molar-refractivity contribution in [1.29, 1.82) is 0 Å². The molecule has 0 aliphatic carbocycles. The topological polar surface area (TPSA) is 41.6 Å². The molecule has 0 unspecified atom stereocenters. The van der Waals surface area contributed by atoms with Crippen molar-refractivity contribution in [3.8, 4) is 0 Å². The molecule has 14 heavy (non-hydrogen) atoms. The van der Waals surface area contributed by atoms with Crippen molar-refractivity contribution in [2.75, 3.05) is 33.3 Å². The van der Waals surface area contributed by atoms with Gasteiger partial charge in [-0.2, -0.15) is 0 Å². The van der Waals surface area contributed by atoms with Gasteiger partial charge in [0.1, 0.15) is 6.61 Å². The van der Waals surface area contributed by atoms with Crippen molar-refractivity contribution in [2.24, 2.45) is 0 Å². The maximum absolute atomic E-state index is 11.2. The Morgan fingerprint density at radius 2 is 2.07 bits per heavy atom. The Morgan fingerprint density at radius 3 is 2.64 bits per heavy atom. The second-order valence-corrected chi connectivity index (χ2v) is 3.97. The smallest absolute Gasteiger partial charge is 0.248 e. The maximum atomic E-state index is 11.2. The number of morpholine rings is 1. The van der Waals surface area contributed by atoms with Crippen LogP contribution < -0.4 is 5.32 Å². The lowest BCUT2D eigenvalue weighted by Crippen LogP contribution is -2.57. The van der Waals surface area contributed by atoms with Crippen LogP contribution in [-0.2, 0) is 9.53 Å². The van der Waals surface area contributed by atoms with Crippen LogP contribution in [0.4, 0.5) is 0 Å². The summed E-state index contributed by atoms with van der Waals surface area (Å²) >= 11 is 0. The predicted octanol–water partition coefficient (Wildman–Crippen LogP) is 0.0190. The fourth-order valence-corrected chi connectivity index (χ4v) is 2.08. The second-order valence-electron chi connectivity index (χ2n) is 3.97. The molecule has 4 nitrogen and oxygen atoms in total. The van der Waals surface area contributed by atoms with Crippen LogP contribution in [0.25, 0.3) is 0 Å². The molecule has 0 aromatic heterocycles. The number of hydrogen-bond donors (Lipinski definition) is 1. The molecule has 0 bridgehead atoms. The molecule has 82 valence electrons. The molecule has 2 rings (SSSR count). The summed E-state index contributed by atoms with van der Waals surface area (Å²) in [5, 5.41) is 3.30. The highest BCUT2D eigenvalue weighted by atomic mass is 35.5. The summed E-state index contributed by atoms with van der Waals surface area (Å²) in [6, 6.07) is 0. The van der Waals surface area contributed by atoms with Crippen LogP contribution in [-0.4, -0.2) is 49.7 Å². The zero-order chi connectivity index (χ0) is 9.31. The van der Waals surface area contributed by atoms with Gasteiger partial charge in [0.25, 0.3) is 0 Å². The van der Waals surface area contributed by atoms with E-state index in [9.17, 15) is 4.79 Å². The second kappa shape index (κ2) is 4.47. The SMILES string of the molecule is CN1CC2(CCNCC2)OCC1=O.Cl. The van der Waals surface area contributed by atoms with Crippen molar-refractivity contribution in [3.05, 3.63) is 0 Å². The van der Waals surface area contributed by atoms with Gasteiger partial charge in [0.2, 0.25) is 5.91 Å². The quantitative estimate of drug-likeness (QED) is 0.626. The highest BCUT2D eigenvalue weighted by Gasteiger charge is 2.39. The number of carbonyl (C=O) groups is 1. The van der Waals surface area contributed by atoms with E-state index in [1.807, 2.05) is 7.05 Å². The fourth-order valence-electron chi connectivity index (χ4n) is 2.08. The van der Waals surface area contributed by atoms with Gasteiger partial charge in [-0.3, -0.25) is 4.79 Å². The van der Waals surface area contributed by atoms with E-state index in [-0.39, 0.29) is 30.5 Å². The standard InChI is InChI=1S/C9H16N2O2.ClH/c1-11-7-9(13-6-8(11)12)2-4-10-5-3-9;/h10H,2-7H2,1H3;1H. The molecule has 0 atom stereocenters. The maximum Gasteiger partial charge on any atom is 0.248 e. The lowest BCUT2D eigenvalue weighted by Gasteiger charge is -2.43. The van der Waals surface area contributed by atoms with Crippen molar-refractivity contribution in [3.63, 3.8) is 0 Å². The molecular weight excluding hydrogens is 204 g/mol. The van der Waals surface area contributed by atoms with Crippen LogP contribution in [0, 0.1) is 0 Å². The number of piperidine rings is 1. The Balaban J connectivity index is 0.000000980. The lowest BCUT2D eigenvalue weighted by molar-refractivity contribution is -0.165. The van der Waals surface area contributed by atoms with Gasteiger partial charge in [-0.1, -0.05) is 0 Å². The molecule has 1 spiro atoms. The molecule has 1 N–H and O–H groups in total. The van der Waals surface area contributed by atoms with Crippen LogP contribution in [0.2, 0.25) is 0 Å². The van der Waals surface area contributed by atoms with Crippen LogP contribution in [0.1, 0.15) is 12.8 Å². The molecule has 2 aliphatic rings. The molecule has 0 saturated carbocycles. The number of amides is 1. The molecule has 1 amide bonds. The van der Waals surface area contributed by atoms with E-state index < -0.39 is 0 Å². The van der Waals surface area contributed by atoms with Crippen LogP contribution in [0.15, 0.2) is 0 Å². The van der Waals surface area contributed by atoms with Crippen molar-refractivity contribution in [2.45, 2.75) is 18.4 Å². The normalized spacial score (nSPS) is 26.1. The Hall–Kier alpha value is -0.320. The van der Waals surface area contributed by atoms with E-state index in [2.05, 4.69) is 5.32 Å². The van der Waals surface area contributed by atoms with E-state index >= 15 is 0 Å². The number of carbonyl (C=O) groups excluding carboxylic acids is 1. The zero-order valence-electron chi connectivity index (χ0n) is 8.41. The van der Waals surface area contributed by atoms with Crippen LogP contribution in [0.5, 0.6) is 0 Å². The van der Waals surface area contributed by atoms with Gasteiger partial charge in [-0.05, 0) is 25.9 Å². The summed E-state index contributed by atoms with van der Waals surface area (Å²) < 4.78 is 5.66. The third-order valence-electron chi connectivity index (χ3n) is 2.97. The minimum atomic E-state index is -0.0477. The number of nitrogens with zero attached hydrogens (tertiary/aromatic N) is 1. The van der Waals surface area contributed by atoms with E-state index in [0.29, 0.717) is 0 Å². The summed E-state index contributed by atoms with van der Waals surface area (Å²) in [6.07, 6.45) is 2.04. The third kappa shape index (κ3) is 2.19. The van der Waals surface area contributed by atoms with E-state index in [1.54, 1.807) is 4.90 Å². The summed E-state index contributed by atoms with van der Waals surface area (Å²) in [4.78, 5) is 13.0. The van der Waals surface area contributed by atoms with Crippen molar-refractivity contribution < 1.29 is 9.53 Å². The van der Waals surface area contributed by atoms with Gasteiger partial charge in [0.15, 0.2) is 0 Å². The largest absolute Gasteiger partial charge is 0.363 e. The lowest BCUT2D eigenvalue weighted by atomic mass is 9.90. The summed E-state index contributed by atoms with van der Waals surface area (Å²) in [5.41, 5.74) is -0.0477. The monoisotopic (exact) mass is 220 g/mol. The number of rotatable bonds is 0. The first-order chi connectivity index (χ1) is 6.22. The zero-order valence-corrected chi connectivity index (χ0v) is 9.23. The number of ether oxygens (including phenoxy) is 1. The van der Waals surface area contributed by atoms with Gasteiger partial charge in [0, 0.05) is 13.6 Å². The third-order valence-corrected chi connectivity index (χ3v) is 2.97. The molecule has 2 saturated heterocycles. The molecule has 0 aromatic carbocycles. The molecule has 2 heterocycles. The number of nitrogens with one attached hydrogen (secondary N) is 1. The molecule has 2 aliphatic heterocycles. The van der Waals surface area contributed by atoms with Gasteiger partial charge in [-0.25, -0.2) is 0 Å². The van der Waals surface area contributed by atoms with Crippen LogP contribution >= 0.6 is 12.4 Å². The first-order valence-corrected chi connectivity index (χ1v) is 4.81. The highest BCUT2D eigenvalue weighted by molar-refractivity contribution is 5.85. The Bertz CT molecular complexity index is 217. The van der Waals surface area contributed by atoms with Gasteiger partial charge in [-0.15, -0.1) is 12.4 Å². The summed E-state index contributed by atoms with van der Waals surface area (Å²) in [7, 11) is 1.86. The number of likely N-dealkylation sites (N-methyl/N-ethyl adjacent to an activating group) is 1. The number of hydrogen-bond acceptors (Lipinski definition) is 3. The molecule has 5 heteroatoms. The van der Waals surface area contributed by atoms with E-state index in [4.69, 9.17) is 4.74 Å². The molecular formula is C9H17ClN2O2. The summed E-state index contributed by atoms with van der Waals surface area (Å²) in [6.45, 7) is 3.02. The van der Waals surface area contributed by atoms with Crippen molar-refractivity contribution >= 4 is 18.3 Å². The van der Waals surface area contributed by atoms with Gasteiger partial charge in [0.05, 0.1) is 5.60 Å². The fraction of sp³-hybridized carbons (Fsp3) is 0.889. The van der Waals surface area contributed by atoms with E-state index in [0.717, 1.165) is 32.5 Å². The molecule has 0 radical (unpaired) electrons. The minimum absolute atomic E-state index is 0. The average Bonchev–Trinajstić information content (AvgIpc) is 2.14. The van der Waals surface area contributed by atoms with Gasteiger partial charge >= 0.3 is 0 Å². The molecule has 2 fully saturated rings. The molecule has 0 aromatic rings. The first kappa shape index (κ1) is 11.8. The Labute approximate surface area is 90.4 Å². The van der Waals surface area contributed by atoms with Gasteiger partial charge < -0.3 is 15.0 Å². The average molecular weight is 221 g/mol. The first-order valence-electron chi connectivity index (χ1n) is 4.81. The minimum Gasteiger partial charge on any atom is -0.363 e. The predicted molar refractivity (Wildman–Crippen MR) is 55.7 cm³/mol. The highest BCUT2D eigenvalue weighted by Crippen LogP contribution is 2.26. The Kier molecular flexibility index (Phi) is 3.75. The van der Waals surface area contributed by atoms with E-state index in [1.165, 1.54) is 0 Å². The Morgan fingerprint density at radius 1 is 1.43 bits per heavy atom. The van der Waals surface area contributed by atoms with Crippen LogP contribution in [0.3, 0.4) is 0 Å².